The zero-order valence-corrected chi connectivity index (χ0v) is 10.2. The van der Waals surface area contributed by atoms with E-state index in [9.17, 15) is 9.59 Å². The molecule has 0 aromatic rings. The minimum absolute atomic E-state index is 0.233. The third kappa shape index (κ3) is 64.9. The van der Waals surface area contributed by atoms with Gasteiger partial charge >= 0.3 is 19.9 Å². The zero-order chi connectivity index (χ0) is 16.1. The number of rotatable bonds is 1. The molecule has 0 aliphatic heterocycles. The van der Waals surface area contributed by atoms with Gasteiger partial charge < -0.3 is 31.9 Å². The van der Waals surface area contributed by atoms with E-state index in [1.165, 1.54) is 0 Å². The number of hydrazone groups is 1. The minimum Gasteiger partial charge on any atom is -0.369 e. The van der Waals surface area contributed by atoms with Crippen LogP contribution in [0.25, 0.3) is 0 Å². The van der Waals surface area contributed by atoms with Crippen molar-refractivity contribution in [3.05, 3.63) is 0 Å². The third-order valence-corrected chi connectivity index (χ3v) is 0.557. The predicted octanol–water partition coefficient (Wildman–Crippen LogP) is -5.05. The highest BCUT2D eigenvalue weighted by atomic mass is 31.2. The largest absolute Gasteiger partial charge is 0.466 e. The lowest BCUT2D eigenvalue weighted by molar-refractivity contribution is 0.241. The van der Waals surface area contributed by atoms with E-state index >= 15 is 0 Å². The number of nitrogens with two attached hydrogens (primary N) is 5. The van der Waals surface area contributed by atoms with E-state index in [1.54, 1.807) is 10.9 Å². The summed E-state index contributed by atoms with van der Waals surface area (Å²) in [5, 5.41) is 3.07. The summed E-state index contributed by atoms with van der Waals surface area (Å²) in [6, 6.07) is -1.39. The first-order valence-electron chi connectivity index (χ1n) is 3.83. The number of nitrogens with one attached hydrogen (secondary N) is 3. The average molecular weight is 305 g/mol. The fraction of sp³-hybridized carbons (Fsp3) is 0. The number of amides is 4. The summed E-state index contributed by atoms with van der Waals surface area (Å²) in [4.78, 5) is 41.1. The smallest absolute Gasteiger partial charge is 0.369 e. The van der Waals surface area contributed by atoms with E-state index in [0.29, 0.717) is 0 Å². The van der Waals surface area contributed by atoms with Crippen LogP contribution in [0.5, 0.6) is 0 Å². The Balaban J connectivity index is -0.000000209. The molecule has 0 radical (unpaired) electrons. The molecular formula is C3H16N9O6P. The first-order valence-corrected chi connectivity index (χ1v) is 5.40. The highest BCUT2D eigenvalue weighted by molar-refractivity contribution is 7.45. The van der Waals surface area contributed by atoms with Crippen LogP contribution >= 0.6 is 7.82 Å². The van der Waals surface area contributed by atoms with Gasteiger partial charge in [0.25, 0.3) is 0 Å². The molecule has 16 heteroatoms. The van der Waals surface area contributed by atoms with Crippen molar-refractivity contribution in [1.29, 1.82) is 0 Å². The molecule has 114 valence electrons. The number of nitrogens with zero attached hydrogens (tertiary/aromatic N) is 1. The molecule has 0 aliphatic rings. The van der Waals surface area contributed by atoms with Crippen LogP contribution in [-0.4, -0.2) is 32.7 Å². The summed E-state index contributed by atoms with van der Waals surface area (Å²) < 4.78 is 8.88. The summed E-state index contributed by atoms with van der Waals surface area (Å²) in [6.45, 7) is 0. The Morgan fingerprint density at radius 2 is 1.32 bits per heavy atom. The van der Waals surface area contributed by atoms with E-state index in [0.717, 1.165) is 0 Å². The van der Waals surface area contributed by atoms with Gasteiger partial charge in [-0.3, -0.25) is 10.9 Å². The Bertz CT molecular complexity index is 321. The maximum Gasteiger partial charge on any atom is 0.466 e. The van der Waals surface area contributed by atoms with Gasteiger partial charge in [-0.2, -0.15) is 0 Å². The molecule has 16 N–H and O–H groups in total. The van der Waals surface area contributed by atoms with E-state index in [1.807, 2.05) is 5.43 Å². The van der Waals surface area contributed by atoms with Gasteiger partial charge in [-0.25, -0.2) is 31.3 Å². The predicted molar refractivity (Wildman–Crippen MR) is 62.8 cm³/mol. The molecule has 0 saturated heterocycles. The molecule has 0 unspecified atom stereocenters. The van der Waals surface area contributed by atoms with Gasteiger partial charge in [-0.15, -0.1) is 5.10 Å². The van der Waals surface area contributed by atoms with Gasteiger partial charge in [-0.05, 0) is 0 Å². The van der Waals surface area contributed by atoms with Crippen molar-refractivity contribution in [3.8, 4) is 0 Å². The van der Waals surface area contributed by atoms with E-state index in [2.05, 4.69) is 22.5 Å². The number of carbonyl (C=O) groups excluding carboxylic acids is 2. The molecule has 0 spiro atoms. The fourth-order valence-electron chi connectivity index (χ4n) is 0.161. The quantitative estimate of drug-likeness (QED) is 0.0546. The molecule has 4 amide bonds. The average Bonchev–Trinajstić information content (AvgIpc) is 2.23. The van der Waals surface area contributed by atoms with Crippen LogP contribution in [0.3, 0.4) is 0 Å². The second-order valence-corrected chi connectivity index (χ2v) is 3.17. The molecule has 19 heavy (non-hydrogen) atoms. The van der Waals surface area contributed by atoms with Crippen molar-refractivity contribution < 1.29 is 28.8 Å². The van der Waals surface area contributed by atoms with E-state index in [-0.39, 0.29) is 5.96 Å². The highest BCUT2D eigenvalue weighted by Gasteiger charge is 2.00. The summed E-state index contributed by atoms with van der Waals surface area (Å²) in [5.74, 6) is 8.85. The zero-order valence-electron chi connectivity index (χ0n) is 9.35. The Labute approximate surface area is 106 Å². The lowest BCUT2D eigenvalue weighted by atomic mass is 11.1. The van der Waals surface area contributed by atoms with Crippen LogP contribution in [0.1, 0.15) is 0 Å². The Hall–Kier alpha value is -2.16. The number of hydrogen-bond donors (Lipinski definition) is 11. The van der Waals surface area contributed by atoms with E-state index < -0.39 is 19.9 Å². The van der Waals surface area contributed by atoms with Crippen molar-refractivity contribution in [3.63, 3.8) is 0 Å². The van der Waals surface area contributed by atoms with Crippen LogP contribution in [-0.2, 0) is 4.57 Å². The summed E-state index contributed by atoms with van der Waals surface area (Å²) in [5.41, 5.74) is 19.5. The summed E-state index contributed by atoms with van der Waals surface area (Å²) >= 11 is 0. The number of hydrogen-bond acceptors (Lipinski definition) is 6. The first kappa shape index (κ1) is 22.1. The molecule has 0 rings (SSSR count). The van der Waals surface area contributed by atoms with Crippen LogP contribution in [0.4, 0.5) is 9.59 Å². The van der Waals surface area contributed by atoms with Crippen molar-refractivity contribution in [2.45, 2.75) is 0 Å². The van der Waals surface area contributed by atoms with Crippen molar-refractivity contribution in [1.82, 2.24) is 16.3 Å². The van der Waals surface area contributed by atoms with Gasteiger partial charge in [0, 0.05) is 0 Å². The number of hydrazine groups is 2. The highest BCUT2D eigenvalue weighted by Crippen LogP contribution is 2.25. The second-order valence-electron chi connectivity index (χ2n) is 2.14. The van der Waals surface area contributed by atoms with Gasteiger partial charge in [0.2, 0.25) is 5.96 Å². The van der Waals surface area contributed by atoms with Crippen LogP contribution in [0.2, 0.25) is 0 Å². The van der Waals surface area contributed by atoms with Gasteiger partial charge in [0.15, 0.2) is 0 Å². The number of phosphoric acid groups is 1. The Kier molecular flexibility index (Phi) is 14.3. The Morgan fingerprint density at radius 1 is 1.00 bits per heavy atom. The molecule has 0 aliphatic carbocycles. The molecular weight excluding hydrogens is 289 g/mol. The standard InChI is InChI=1S/C2H7N5O.CH6N4O.H3O4P/c3-1(4)6-7-2(5)8;2-4-1(6)5-3;1-5(2,3)4/h(H4,3,4,6)(H3,5,7,8);2-3H2,(H2,4,5,6);(H3,1,2,3,4). The molecule has 0 aromatic heterocycles. The maximum atomic E-state index is 9.80. The maximum absolute atomic E-state index is 9.80. The van der Waals surface area contributed by atoms with Crippen LogP contribution < -0.4 is 45.2 Å². The monoisotopic (exact) mass is 305 g/mol. The Morgan fingerprint density at radius 3 is 1.37 bits per heavy atom. The van der Waals surface area contributed by atoms with Crippen molar-refractivity contribution in [2.24, 2.45) is 34.0 Å². The molecule has 15 nitrogen and oxygen atoms in total. The van der Waals surface area contributed by atoms with Crippen LogP contribution in [0, 0.1) is 0 Å². The van der Waals surface area contributed by atoms with Crippen LogP contribution in [0.15, 0.2) is 5.10 Å². The SMILES string of the molecule is NC(=O)NN=C(N)N.NNC(=O)NN.O=P(O)(O)O. The topological polar surface area (TPSA) is 290 Å². The second kappa shape index (κ2) is 12.3. The molecule has 0 saturated carbocycles. The number of guanidine groups is 1. The normalized spacial score (nSPS) is 8.47. The van der Waals surface area contributed by atoms with Crippen molar-refractivity contribution in [2.75, 3.05) is 0 Å². The number of carbonyl (C=O) groups is 2. The molecule has 0 atom stereocenters. The van der Waals surface area contributed by atoms with Gasteiger partial charge in [0.05, 0.1) is 0 Å². The molecule has 0 fully saturated rings. The number of primary amides is 1. The minimum atomic E-state index is -4.64. The van der Waals surface area contributed by atoms with Crippen molar-refractivity contribution >= 4 is 25.8 Å². The fourth-order valence-corrected chi connectivity index (χ4v) is 0.161. The lowest BCUT2D eigenvalue weighted by Crippen LogP contribution is -2.43. The molecule has 0 heterocycles. The van der Waals surface area contributed by atoms with Gasteiger partial charge in [-0.1, -0.05) is 0 Å². The molecule has 0 aromatic carbocycles. The number of urea groups is 2. The third-order valence-electron chi connectivity index (χ3n) is 0.557. The van der Waals surface area contributed by atoms with E-state index in [4.69, 9.17) is 30.7 Å². The summed E-state index contributed by atoms with van der Waals surface area (Å²) in [7, 11) is -4.64. The molecule has 0 bridgehead atoms. The first-order chi connectivity index (χ1) is 8.43. The summed E-state index contributed by atoms with van der Waals surface area (Å²) in [6.07, 6.45) is 0. The lowest BCUT2D eigenvalue weighted by Gasteiger charge is -1.90. The van der Waals surface area contributed by atoms with Gasteiger partial charge in [0.1, 0.15) is 0 Å².